The summed E-state index contributed by atoms with van der Waals surface area (Å²) >= 11 is 0. The van der Waals surface area contributed by atoms with Crippen LogP contribution in [0.25, 0.3) is 0 Å². The van der Waals surface area contributed by atoms with E-state index in [1.54, 1.807) is 24.1 Å². The maximum atomic E-state index is 13.0. The van der Waals surface area contributed by atoms with Gasteiger partial charge < -0.3 is 15.0 Å². The number of halogens is 1. The van der Waals surface area contributed by atoms with Crippen molar-refractivity contribution < 1.29 is 18.7 Å². The lowest BCUT2D eigenvalue weighted by molar-refractivity contribution is -0.121. The number of ether oxygens (including phenoxy) is 1. The molecule has 1 N–H and O–H groups in total. The Kier molecular flexibility index (Phi) is 5.51. The topological polar surface area (TPSA) is 58.6 Å². The molecular weight excluding hydrogens is 335 g/mol. The van der Waals surface area contributed by atoms with E-state index < -0.39 is 0 Å². The van der Waals surface area contributed by atoms with Gasteiger partial charge in [0.15, 0.2) is 0 Å². The molecule has 26 heavy (non-hydrogen) atoms. The van der Waals surface area contributed by atoms with Crippen molar-refractivity contribution in [1.29, 1.82) is 0 Å². The largest absolute Gasteiger partial charge is 0.497 e. The number of carbonyl (C=O) groups is 2. The molecule has 1 fully saturated rings. The standard InChI is InChI=1S/C20H21FN2O3/c1-26-18-9-2-14(3-10-18)4-11-19(24)22-16-12-20(25)23(13-16)17-7-5-15(21)6-8-17/h2-3,5-10,16H,4,11-13H2,1H3,(H,22,24)/t16-/m0/s1. The molecule has 0 aliphatic carbocycles. The number of nitrogens with one attached hydrogen (secondary N) is 1. The van der Waals surface area contributed by atoms with Crippen molar-refractivity contribution in [2.75, 3.05) is 18.6 Å². The van der Waals surface area contributed by atoms with Gasteiger partial charge in [0.25, 0.3) is 0 Å². The van der Waals surface area contributed by atoms with Gasteiger partial charge in [-0.2, -0.15) is 0 Å². The zero-order valence-electron chi connectivity index (χ0n) is 14.6. The summed E-state index contributed by atoms with van der Waals surface area (Å²) in [6.45, 7) is 0.402. The van der Waals surface area contributed by atoms with Crippen LogP contribution in [0.5, 0.6) is 5.75 Å². The van der Waals surface area contributed by atoms with Gasteiger partial charge in [-0.1, -0.05) is 12.1 Å². The Morgan fingerprint density at radius 3 is 2.54 bits per heavy atom. The number of methoxy groups -OCH3 is 1. The van der Waals surface area contributed by atoms with Gasteiger partial charge in [-0.25, -0.2) is 4.39 Å². The second-order valence-corrected chi connectivity index (χ2v) is 6.30. The summed E-state index contributed by atoms with van der Waals surface area (Å²) < 4.78 is 18.1. The molecule has 3 rings (SSSR count). The molecule has 1 saturated heterocycles. The van der Waals surface area contributed by atoms with Crippen LogP contribution in [0.4, 0.5) is 10.1 Å². The van der Waals surface area contributed by atoms with Gasteiger partial charge in [0, 0.05) is 25.1 Å². The Morgan fingerprint density at radius 2 is 1.88 bits per heavy atom. The first-order valence-corrected chi connectivity index (χ1v) is 8.53. The van der Waals surface area contributed by atoms with Crippen molar-refractivity contribution >= 4 is 17.5 Å². The van der Waals surface area contributed by atoms with E-state index in [1.165, 1.54) is 12.1 Å². The molecule has 1 aliphatic heterocycles. The highest BCUT2D eigenvalue weighted by Gasteiger charge is 2.31. The fourth-order valence-electron chi connectivity index (χ4n) is 3.02. The summed E-state index contributed by atoms with van der Waals surface area (Å²) in [6.07, 6.45) is 1.23. The van der Waals surface area contributed by atoms with Gasteiger partial charge in [0.05, 0.1) is 13.2 Å². The molecule has 1 aliphatic rings. The number of nitrogens with zero attached hydrogens (tertiary/aromatic N) is 1. The predicted octanol–water partition coefficient (Wildman–Crippen LogP) is 2.69. The summed E-state index contributed by atoms with van der Waals surface area (Å²) in [5.41, 5.74) is 1.70. The van der Waals surface area contributed by atoms with Crippen LogP contribution in [0.3, 0.4) is 0 Å². The highest BCUT2D eigenvalue weighted by molar-refractivity contribution is 5.96. The van der Waals surface area contributed by atoms with Gasteiger partial charge in [-0.3, -0.25) is 9.59 Å². The van der Waals surface area contributed by atoms with Crippen LogP contribution in [0.1, 0.15) is 18.4 Å². The third-order valence-corrected chi connectivity index (χ3v) is 4.43. The molecular formula is C20H21FN2O3. The summed E-state index contributed by atoms with van der Waals surface area (Å²) in [5.74, 6) is 0.281. The van der Waals surface area contributed by atoms with E-state index in [0.29, 0.717) is 25.1 Å². The number of benzene rings is 2. The van der Waals surface area contributed by atoms with Gasteiger partial charge in [0.1, 0.15) is 11.6 Å². The lowest BCUT2D eigenvalue weighted by Crippen LogP contribution is -2.37. The lowest BCUT2D eigenvalue weighted by Gasteiger charge is -2.17. The first-order chi connectivity index (χ1) is 12.5. The number of carbonyl (C=O) groups excluding carboxylic acids is 2. The van der Waals surface area contributed by atoms with Crippen molar-refractivity contribution in [2.45, 2.75) is 25.3 Å². The number of amides is 2. The molecule has 0 spiro atoms. The number of hydrogen-bond donors (Lipinski definition) is 1. The molecule has 2 aromatic carbocycles. The van der Waals surface area contributed by atoms with Gasteiger partial charge in [-0.05, 0) is 48.4 Å². The normalized spacial score (nSPS) is 16.6. The summed E-state index contributed by atoms with van der Waals surface area (Å²) in [5, 5.41) is 2.91. The van der Waals surface area contributed by atoms with Crippen molar-refractivity contribution in [1.82, 2.24) is 5.32 Å². The van der Waals surface area contributed by atoms with E-state index in [4.69, 9.17) is 4.74 Å². The SMILES string of the molecule is COc1ccc(CCC(=O)N[C@H]2CC(=O)N(c3ccc(F)cc3)C2)cc1. The zero-order valence-corrected chi connectivity index (χ0v) is 14.6. The highest BCUT2D eigenvalue weighted by atomic mass is 19.1. The van der Waals surface area contributed by atoms with Crippen LogP contribution < -0.4 is 15.0 Å². The van der Waals surface area contributed by atoms with Crippen LogP contribution in [0.15, 0.2) is 48.5 Å². The van der Waals surface area contributed by atoms with E-state index in [0.717, 1.165) is 11.3 Å². The van der Waals surface area contributed by atoms with Gasteiger partial charge >= 0.3 is 0 Å². The molecule has 0 radical (unpaired) electrons. The summed E-state index contributed by atoms with van der Waals surface area (Å²) in [4.78, 5) is 25.9. The molecule has 1 atom stereocenters. The average molecular weight is 356 g/mol. The Hall–Kier alpha value is -2.89. The maximum Gasteiger partial charge on any atom is 0.229 e. The lowest BCUT2D eigenvalue weighted by atomic mass is 10.1. The molecule has 0 aromatic heterocycles. The summed E-state index contributed by atoms with van der Waals surface area (Å²) in [7, 11) is 1.61. The molecule has 0 unspecified atom stereocenters. The molecule has 1 heterocycles. The first-order valence-electron chi connectivity index (χ1n) is 8.53. The van der Waals surface area contributed by atoms with Gasteiger partial charge in [0.2, 0.25) is 11.8 Å². The molecule has 5 nitrogen and oxygen atoms in total. The Labute approximate surface area is 151 Å². The van der Waals surface area contributed by atoms with Crippen LogP contribution >= 0.6 is 0 Å². The number of rotatable bonds is 6. The van der Waals surface area contributed by atoms with Crippen LogP contribution in [0.2, 0.25) is 0 Å². The Bertz CT molecular complexity index is 775. The maximum absolute atomic E-state index is 13.0. The monoisotopic (exact) mass is 356 g/mol. The van der Waals surface area contributed by atoms with Crippen LogP contribution in [0, 0.1) is 5.82 Å². The fraction of sp³-hybridized carbons (Fsp3) is 0.300. The smallest absolute Gasteiger partial charge is 0.229 e. The fourth-order valence-corrected chi connectivity index (χ4v) is 3.02. The van der Waals surface area contributed by atoms with E-state index in [2.05, 4.69) is 5.32 Å². The summed E-state index contributed by atoms with van der Waals surface area (Å²) in [6, 6.07) is 13.2. The van der Waals surface area contributed by atoms with Crippen molar-refractivity contribution in [3.05, 3.63) is 59.9 Å². The minimum atomic E-state index is -0.344. The van der Waals surface area contributed by atoms with Crippen molar-refractivity contribution in [2.24, 2.45) is 0 Å². The minimum Gasteiger partial charge on any atom is -0.497 e. The van der Waals surface area contributed by atoms with E-state index in [9.17, 15) is 14.0 Å². The number of hydrogen-bond acceptors (Lipinski definition) is 3. The van der Waals surface area contributed by atoms with E-state index in [1.807, 2.05) is 24.3 Å². The quantitative estimate of drug-likeness (QED) is 0.866. The molecule has 136 valence electrons. The second-order valence-electron chi connectivity index (χ2n) is 6.30. The first kappa shape index (κ1) is 17.9. The third kappa shape index (κ3) is 4.39. The molecule has 2 aromatic rings. The average Bonchev–Trinajstić information content (AvgIpc) is 3.01. The van der Waals surface area contributed by atoms with E-state index in [-0.39, 0.29) is 30.1 Å². The zero-order chi connectivity index (χ0) is 18.5. The number of aryl methyl sites for hydroxylation is 1. The molecule has 0 bridgehead atoms. The number of anilines is 1. The third-order valence-electron chi connectivity index (χ3n) is 4.43. The molecule has 6 heteroatoms. The molecule has 2 amide bonds. The van der Waals surface area contributed by atoms with Crippen LogP contribution in [-0.4, -0.2) is 31.5 Å². The van der Waals surface area contributed by atoms with Crippen LogP contribution in [-0.2, 0) is 16.0 Å². The second kappa shape index (κ2) is 7.99. The molecule has 0 saturated carbocycles. The predicted molar refractivity (Wildman–Crippen MR) is 96.6 cm³/mol. The minimum absolute atomic E-state index is 0.0722. The van der Waals surface area contributed by atoms with Gasteiger partial charge in [-0.15, -0.1) is 0 Å². The van der Waals surface area contributed by atoms with Crippen molar-refractivity contribution in [3.8, 4) is 5.75 Å². The Morgan fingerprint density at radius 1 is 1.19 bits per heavy atom. The highest BCUT2D eigenvalue weighted by Crippen LogP contribution is 2.22. The Balaban J connectivity index is 1.50. The van der Waals surface area contributed by atoms with Crippen molar-refractivity contribution in [3.63, 3.8) is 0 Å². The van der Waals surface area contributed by atoms with E-state index >= 15 is 0 Å².